The lowest BCUT2D eigenvalue weighted by Crippen LogP contribution is -2.37. The first-order chi connectivity index (χ1) is 9.70. The summed E-state index contributed by atoms with van der Waals surface area (Å²) in [5, 5.41) is 9.77. The Hall–Kier alpha value is -2.14. The van der Waals surface area contributed by atoms with E-state index in [1.807, 2.05) is 6.07 Å². The highest BCUT2D eigenvalue weighted by molar-refractivity contribution is 5.97. The largest absolute Gasteiger partial charge is 0.422 e. The van der Waals surface area contributed by atoms with Crippen LogP contribution in [0.25, 0.3) is 11.0 Å². The molecule has 1 amide bonds. The third-order valence-electron chi connectivity index (χ3n) is 3.46. The average Bonchev–Trinajstić information content (AvgIpc) is 3.28. The van der Waals surface area contributed by atoms with Crippen molar-refractivity contribution in [1.82, 2.24) is 4.90 Å². The molecular weight excluding hydrogens is 258 g/mol. The summed E-state index contributed by atoms with van der Waals surface area (Å²) in [5.41, 5.74) is -0.129. The number of hydrogen-bond acceptors (Lipinski definition) is 4. The van der Waals surface area contributed by atoms with Gasteiger partial charge in [-0.1, -0.05) is 18.2 Å². The molecule has 0 aliphatic heterocycles. The maximum absolute atomic E-state index is 12.4. The van der Waals surface area contributed by atoms with E-state index in [9.17, 15) is 9.59 Å². The first-order valence-corrected chi connectivity index (χ1v) is 6.65. The Balaban J connectivity index is 2.01. The van der Waals surface area contributed by atoms with Gasteiger partial charge in [0.25, 0.3) is 5.91 Å². The van der Waals surface area contributed by atoms with E-state index in [2.05, 4.69) is 0 Å². The number of amides is 1. The van der Waals surface area contributed by atoms with E-state index in [1.165, 1.54) is 0 Å². The number of hydrogen-bond donors (Lipinski definition) is 1. The number of para-hydroxylation sites is 1. The lowest BCUT2D eigenvalue weighted by molar-refractivity contribution is 0.0703. The van der Waals surface area contributed by atoms with Crippen molar-refractivity contribution < 1.29 is 14.3 Å². The van der Waals surface area contributed by atoms with Crippen molar-refractivity contribution in [2.45, 2.75) is 18.9 Å². The number of nitrogens with zero attached hydrogens (tertiary/aromatic N) is 1. The van der Waals surface area contributed by atoms with Crippen molar-refractivity contribution in [2.75, 3.05) is 13.2 Å². The third-order valence-corrected chi connectivity index (χ3v) is 3.46. The minimum atomic E-state index is -0.628. The number of aliphatic hydroxyl groups is 1. The molecule has 0 unspecified atom stereocenters. The van der Waals surface area contributed by atoms with E-state index in [1.54, 1.807) is 29.2 Å². The molecule has 0 saturated heterocycles. The number of carbonyl (C=O) groups excluding carboxylic acids is 1. The molecule has 1 saturated carbocycles. The molecule has 1 fully saturated rings. The Labute approximate surface area is 115 Å². The van der Waals surface area contributed by atoms with Crippen LogP contribution in [0.1, 0.15) is 23.2 Å². The van der Waals surface area contributed by atoms with Crippen LogP contribution < -0.4 is 5.63 Å². The van der Waals surface area contributed by atoms with Crippen molar-refractivity contribution >= 4 is 16.9 Å². The van der Waals surface area contributed by atoms with Crippen LogP contribution in [0.15, 0.2) is 39.5 Å². The SMILES string of the molecule is O=C(c1cc2ccccc2oc1=O)N(CCO)C1CC1. The van der Waals surface area contributed by atoms with E-state index in [0.29, 0.717) is 5.58 Å². The molecule has 0 spiro atoms. The van der Waals surface area contributed by atoms with Crippen LogP contribution in [0.3, 0.4) is 0 Å². The number of rotatable bonds is 4. The lowest BCUT2D eigenvalue weighted by atomic mass is 10.1. The van der Waals surface area contributed by atoms with E-state index in [-0.39, 0.29) is 30.7 Å². The zero-order chi connectivity index (χ0) is 14.1. The van der Waals surface area contributed by atoms with Gasteiger partial charge in [-0.05, 0) is 25.0 Å². The van der Waals surface area contributed by atoms with Crippen LogP contribution in [0.4, 0.5) is 0 Å². The molecule has 1 aromatic heterocycles. The second-order valence-electron chi connectivity index (χ2n) is 4.94. The van der Waals surface area contributed by atoms with Gasteiger partial charge in [0.15, 0.2) is 0 Å². The second kappa shape index (κ2) is 5.09. The van der Waals surface area contributed by atoms with Crippen LogP contribution in [0, 0.1) is 0 Å². The maximum Gasteiger partial charge on any atom is 0.349 e. The molecule has 20 heavy (non-hydrogen) atoms. The summed E-state index contributed by atoms with van der Waals surface area (Å²) in [6, 6.07) is 8.79. The minimum absolute atomic E-state index is 0.0315. The summed E-state index contributed by atoms with van der Waals surface area (Å²) in [4.78, 5) is 25.9. The fourth-order valence-corrected chi connectivity index (χ4v) is 2.31. The van der Waals surface area contributed by atoms with Gasteiger partial charge < -0.3 is 14.4 Å². The number of aliphatic hydroxyl groups excluding tert-OH is 1. The molecule has 0 bridgehead atoms. The van der Waals surface area contributed by atoms with Gasteiger partial charge >= 0.3 is 5.63 Å². The van der Waals surface area contributed by atoms with E-state index >= 15 is 0 Å². The summed E-state index contributed by atoms with van der Waals surface area (Å²) in [6.07, 6.45) is 1.84. The first-order valence-electron chi connectivity index (χ1n) is 6.65. The average molecular weight is 273 g/mol. The summed E-state index contributed by atoms with van der Waals surface area (Å²) in [5.74, 6) is -0.360. The van der Waals surface area contributed by atoms with Crippen LogP contribution in [0.2, 0.25) is 0 Å². The summed E-state index contributed by atoms with van der Waals surface area (Å²) < 4.78 is 5.18. The zero-order valence-electron chi connectivity index (χ0n) is 10.9. The fourth-order valence-electron chi connectivity index (χ4n) is 2.31. The van der Waals surface area contributed by atoms with Crippen molar-refractivity contribution in [3.63, 3.8) is 0 Å². The molecule has 5 heteroatoms. The third kappa shape index (κ3) is 2.32. The monoisotopic (exact) mass is 273 g/mol. The van der Waals surface area contributed by atoms with Gasteiger partial charge in [-0.3, -0.25) is 4.79 Å². The summed E-state index contributed by atoms with van der Waals surface area (Å²) in [7, 11) is 0. The van der Waals surface area contributed by atoms with E-state index in [4.69, 9.17) is 9.52 Å². The molecule has 1 aromatic carbocycles. The Kier molecular flexibility index (Phi) is 3.28. The first kappa shape index (κ1) is 12.9. The molecule has 1 aliphatic carbocycles. The topological polar surface area (TPSA) is 70.8 Å². The van der Waals surface area contributed by atoms with Crippen molar-refractivity contribution in [3.8, 4) is 0 Å². The molecule has 5 nitrogen and oxygen atoms in total. The van der Waals surface area contributed by atoms with Crippen LogP contribution in [-0.4, -0.2) is 35.1 Å². The summed E-state index contributed by atoms with van der Waals surface area (Å²) in [6.45, 7) is 0.136. The predicted octanol–water partition coefficient (Wildman–Crippen LogP) is 1.39. The van der Waals surface area contributed by atoms with Gasteiger partial charge in [-0.2, -0.15) is 0 Å². The molecule has 1 N–H and O–H groups in total. The quantitative estimate of drug-likeness (QED) is 0.855. The van der Waals surface area contributed by atoms with Gasteiger partial charge in [0.05, 0.1) is 6.61 Å². The van der Waals surface area contributed by atoms with E-state index < -0.39 is 5.63 Å². The predicted molar refractivity (Wildman–Crippen MR) is 73.6 cm³/mol. The van der Waals surface area contributed by atoms with Crippen molar-refractivity contribution in [1.29, 1.82) is 0 Å². The van der Waals surface area contributed by atoms with E-state index in [0.717, 1.165) is 18.2 Å². The number of carbonyl (C=O) groups is 1. The Morgan fingerprint density at radius 1 is 1.35 bits per heavy atom. The Bertz CT molecular complexity index is 702. The molecule has 104 valence electrons. The summed E-state index contributed by atoms with van der Waals surface area (Å²) >= 11 is 0. The fraction of sp³-hybridized carbons (Fsp3) is 0.333. The second-order valence-corrected chi connectivity index (χ2v) is 4.94. The normalized spacial score (nSPS) is 14.4. The Morgan fingerprint density at radius 3 is 2.80 bits per heavy atom. The van der Waals surface area contributed by atoms with Gasteiger partial charge in [-0.15, -0.1) is 0 Å². The minimum Gasteiger partial charge on any atom is -0.422 e. The van der Waals surface area contributed by atoms with Gasteiger partial charge in [0.2, 0.25) is 0 Å². The van der Waals surface area contributed by atoms with Gasteiger partial charge in [0, 0.05) is 18.0 Å². The molecular formula is C15H15NO4. The molecule has 0 radical (unpaired) electrons. The zero-order valence-corrected chi connectivity index (χ0v) is 10.9. The molecule has 0 atom stereocenters. The number of fused-ring (bicyclic) bond motifs is 1. The molecule has 2 aromatic rings. The highest BCUT2D eigenvalue weighted by atomic mass is 16.4. The molecule has 1 aliphatic rings. The van der Waals surface area contributed by atoms with Crippen molar-refractivity contribution in [2.24, 2.45) is 0 Å². The van der Waals surface area contributed by atoms with Gasteiger partial charge in [0.1, 0.15) is 11.1 Å². The van der Waals surface area contributed by atoms with Crippen molar-refractivity contribution in [3.05, 3.63) is 46.3 Å². The highest BCUT2D eigenvalue weighted by Crippen LogP contribution is 2.27. The lowest BCUT2D eigenvalue weighted by Gasteiger charge is -2.20. The Morgan fingerprint density at radius 2 is 2.10 bits per heavy atom. The standard InChI is InChI=1S/C15H15NO4/c17-8-7-16(11-5-6-11)14(18)12-9-10-3-1-2-4-13(10)20-15(12)19/h1-4,9,11,17H,5-8H2. The van der Waals surface area contributed by atoms with Crippen LogP contribution in [-0.2, 0) is 0 Å². The van der Waals surface area contributed by atoms with Gasteiger partial charge in [-0.25, -0.2) is 4.79 Å². The van der Waals surface area contributed by atoms with Crippen LogP contribution in [0.5, 0.6) is 0 Å². The smallest absolute Gasteiger partial charge is 0.349 e. The highest BCUT2D eigenvalue weighted by Gasteiger charge is 2.33. The maximum atomic E-state index is 12.4. The molecule has 1 heterocycles. The molecule has 3 rings (SSSR count). The number of benzene rings is 1. The van der Waals surface area contributed by atoms with Crippen LogP contribution >= 0.6 is 0 Å².